The van der Waals surface area contributed by atoms with Crippen LogP contribution in [-0.2, 0) is 0 Å². The molecule has 0 spiro atoms. The minimum atomic E-state index is -0.459. The molecule has 6 nitrogen and oxygen atoms in total. The fourth-order valence-electron chi connectivity index (χ4n) is 4.13. The molecule has 2 atom stereocenters. The number of aryl methyl sites for hydroxylation is 2. The Morgan fingerprint density at radius 2 is 1.65 bits per heavy atom. The topological polar surface area (TPSA) is 75.5 Å². The van der Waals surface area contributed by atoms with Crippen LogP contribution in [0.4, 0.5) is 17.1 Å². The van der Waals surface area contributed by atoms with Crippen LogP contribution in [0.1, 0.15) is 46.4 Å². The van der Waals surface area contributed by atoms with Crippen molar-refractivity contribution in [2.45, 2.75) is 39.3 Å². The summed E-state index contributed by atoms with van der Waals surface area (Å²) in [7, 11) is 0. The zero-order valence-corrected chi connectivity index (χ0v) is 17.8. The van der Waals surface area contributed by atoms with Gasteiger partial charge in [0.15, 0.2) is 0 Å². The highest BCUT2D eigenvalue weighted by Crippen LogP contribution is 2.40. The van der Waals surface area contributed by atoms with Gasteiger partial charge < -0.3 is 10.2 Å². The molecule has 0 radical (unpaired) electrons. The molecule has 0 fully saturated rings. The molecular formula is C25H25N3O3. The second kappa shape index (κ2) is 8.22. The number of hydrogen-bond acceptors (Lipinski definition) is 4. The van der Waals surface area contributed by atoms with Gasteiger partial charge in [0, 0.05) is 35.1 Å². The van der Waals surface area contributed by atoms with Crippen molar-refractivity contribution in [3.8, 4) is 0 Å². The van der Waals surface area contributed by atoms with Gasteiger partial charge in [0.05, 0.1) is 11.0 Å². The maximum atomic E-state index is 13.7. The van der Waals surface area contributed by atoms with Crippen LogP contribution in [0, 0.1) is 24.0 Å². The number of fused-ring (bicyclic) bond motifs is 1. The second-order valence-electron chi connectivity index (χ2n) is 8.20. The highest BCUT2D eigenvalue weighted by Gasteiger charge is 2.33. The quantitative estimate of drug-likeness (QED) is 0.431. The number of benzene rings is 3. The summed E-state index contributed by atoms with van der Waals surface area (Å²) >= 11 is 0. The Labute approximate surface area is 181 Å². The number of hydrogen-bond donors (Lipinski definition) is 1. The Balaban J connectivity index is 1.82. The van der Waals surface area contributed by atoms with Gasteiger partial charge in [-0.05, 0) is 63.1 Å². The smallest absolute Gasteiger partial charge is 0.269 e. The first kappa shape index (κ1) is 20.6. The lowest BCUT2D eigenvalue weighted by Gasteiger charge is -2.39. The molecule has 0 saturated carbocycles. The van der Waals surface area contributed by atoms with Crippen molar-refractivity contribution >= 4 is 23.0 Å². The van der Waals surface area contributed by atoms with Crippen LogP contribution < -0.4 is 10.2 Å². The van der Waals surface area contributed by atoms with E-state index < -0.39 is 4.92 Å². The van der Waals surface area contributed by atoms with Gasteiger partial charge in [-0.25, -0.2) is 0 Å². The lowest BCUT2D eigenvalue weighted by Crippen LogP contribution is -2.40. The van der Waals surface area contributed by atoms with E-state index in [2.05, 4.69) is 30.4 Å². The second-order valence-corrected chi connectivity index (χ2v) is 8.20. The monoisotopic (exact) mass is 415 g/mol. The number of nitrogens with one attached hydrogen (secondary N) is 1. The molecule has 1 N–H and O–H groups in total. The van der Waals surface area contributed by atoms with Crippen LogP contribution in [-0.4, -0.2) is 16.9 Å². The zero-order chi connectivity index (χ0) is 22.1. The third-order valence-electron chi connectivity index (χ3n) is 5.71. The van der Waals surface area contributed by atoms with E-state index in [1.165, 1.54) is 24.3 Å². The van der Waals surface area contributed by atoms with Gasteiger partial charge >= 0.3 is 0 Å². The van der Waals surface area contributed by atoms with Crippen molar-refractivity contribution in [1.29, 1.82) is 0 Å². The number of nitrogens with zero attached hydrogens (tertiary/aromatic N) is 2. The standard InChI is InChI=1S/C25H25N3O3/c1-16-4-9-20(10-5-16)27(25(29)19-7-11-21(12-8-19)28(30)31)24-15-18(3)26-23-13-6-17(2)14-22(23)24/h4-14,18,24,26H,15H2,1-3H3. The van der Waals surface area contributed by atoms with E-state index in [1.807, 2.05) is 43.0 Å². The normalized spacial score (nSPS) is 17.4. The molecule has 4 rings (SSSR count). The van der Waals surface area contributed by atoms with Crippen molar-refractivity contribution < 1.29 is 9.72 Å². The number of rotatable bonds is 4. The molecule has 31 heavy (non-hydrogen) atoms. The first-order valence-electron chi connectivity index (χ1n) is 10.4. The Kier molecular flexibility index (Phi) is 5.46. The number of amides is 1. The lowest BCUT2D eigenvalue weighted by atomic mass is 9.90. The number of nitro groups is 1. The van der Waals surface area contributed by atoms with Crippen LogP contribution >= 0.6 is 0 Å². The van der Waals surface area contributed by atoms with Crippen molar-refractivity contribution in [3.63, 3.8) is 0 Å². The molecule has 3 aromatic rings. The van der Waals surface area contributed by atoms with Crippen molar-refractivity contribution in [2.75, 3.05) is 10.2 Å². The molecular weight excluding hydrogens is 390 g/mol. The molecule has 1 aliphatic heterocycles. The van der Waals surface area contributed by atoms with Gasteiger partial charge in [-0.15, -0.1) is 0 Å². The summed E-state index contributed by atoms with van der Waals surface area (Å²) < 4.78 is 0. The maximum absolute atomic E-state index is 13.7. The third-order valence-corrected chi connectivity index (χ3v) is 5.71. The van der Waals surface area contributed by atoms with Gasteiger partial charge in [-0.2, -0.15) is 0 Å². The number of carbonyl (C=O) groups excluding carboxylic acids is 1. The van der Waals surface area contributed by atoms with Crippen molar-refractivity contribution in [1.82, 2.24) is 0 Å². The minimum Gasteiger partial charge on any atom is -0.382 e. The van der Waals surface area contributed by atoms with Crippen LogP contribution in [0.25, 0.3) is 0 Å². The summed E-state index contributed by atoms with van der Waals surface area (Å²) in [5, 5.41) is 14.5. The predicted molar refractivity (Wildman–Crippen MR) is 123 cm³/mol. The number of non-ortho nitro benzene ring substituents is 1. The highest BCUT2D eigenvalue weighted by molar-refractivity contribution is 6.07. The summed E-state index contributed by atoms with van der Waals surface area (Å²) in [5.74, 6) is -0.176. The van der Waals surface area contributed by atoms with Crippen LogP contribution in [0.3, 0.4) is 0 Å². The summed E-state index contributed by atoms with van der Waals surface area (Å²) in [4.78, 5) is 26.1. The van der Waals surface area contributed by atoms with Crippen LogP contribution in [0.5, 0.6) is 0 Å². The molecule has 0 aliphatic carbocycles. The average Bonchev–Trinajstić information content (AvgIpc) is 2.75. The average molecular weight is 415 g/mol. The first-order valence-corrected chi connectivity index (χ1v) is 10.4. The Bertz CT molecular complexity index is 1120. The molecule has 6 heteroatoms. The fraction of sp³-hybridized carbons (Fsp3) is 0.240. The summed E-state index contributed by atoms with van der Waals surface area (Å²) in [6.07, 6.45) is 0.753. The number of carbonyl (C=O) groups is 1. The van der Waals surface area contributed by atoms with Gasteiger partial charge in [0.25, 0.3) is 11.6 Å². The molecule has 3 aromatic carbocycles. The Morgan fingerprint density at radius 3 is 2.29 bits per heavy atom. The van der Waals surface area contributed by atoms with E-state index in [-0.39, 0.29) is 23.7 Å². The Hall–Kier alpha value is -3.67. The third kappa shape index (κ3) is 4.14. The van der Waals surface area contributed by atoms with Gasteiger partial charge in [0.1, 0.15) is 0 Å². The first-order chi connectivity index (χ1) is 14.8. The van der Waals surface area contributed by atoms with Gasteiger partial charge in [-0.3, -0.25) is 14.9 Å². The van der Waals surface area contributed by atoms with E-state index in [9.17, 15) is 14.9 Å². The SMILES string of the molecule is Cc1ccc(N(C(=O)c2ccc([N+](=O)[O-])cc2)C2CC(C)Nc3ccc(C)cc32)cc1. The van der Waals surface area contributed by atoms with E-state index in [1.54, 1.807) is 0 Å². The lowest BCUT2D eigenvalue weighted by molar-refractivity contribution is -0.384. The highest BCUT2D eigenvalue weighted by atomic mass is 16.6. The Morgan fingerprint density at radius 1 is 1.00 bits per heavy atom. The molecule has 1 aliphatic rings. The summed E-state index contributed by atoms with van der Waals surface area (Å²) in [6, 6.07) is 20.0. The van der Waals surface area contributed by atoms with Crippen LogP contribution in [0.2, 0.25) is 0 Å². The summed E-state index contributed by atoms with van der Waals surface area (Å²) in [5.41, 5.74) is 5.55. The largest absolute Gasteiger partial charge is 0.382 e. The molecule has 0 aromatic heterocycles. The fourth-order valence-corrected chi connectivity index (χ4v) is 4.13. The molecule has 1 heterocycles. The van der Waals surface area contributed by atoms with E-state index in [0.29, 0.717) is 5.56 Å². The number of anilines is 2. The summed E-state index contributed by atoms with van der Waals surface area (Å²) in [6.45, 7) is 6.17. The molecule has 0 saturated heterocycles. The maximum Gasteiger partial charge on any atom is 0.269 e. The van der Waals surface area contributed by atoms with Gasteiger partial charge in [0.2, 0.25) is 0 Å². The minimum absolute atomic E-state index is 0.0325. The van der Waals surface area contributed by atoms with E-state index in [0.717, 1.165) is 34.5 Å². The van der Waals surface area contributed by atoms with Crippen molar-refractivity contribution in [2.24, 2.45) is 0 Å². The molecule has 0 bridgehead atoms. The van der Waals surface area contributed by atoms with E-state index in [4.69, 9.17) is 0 Å². The zero-order valence-electron chi connectivity index (χ0n) is 17.8. The van der Waals surface area contributed by atoms with Crippen molar-refractivity contribution in [3.05, 3.63) is 99.1 Å². The predicted octanol–water partition coefficient (Wildman–Crippen LogP) is 5.80. The molecule has 2 unspecified atom stereocenters. The van der Waals surface area contributed by atoms with Gasteiger partial charge in [-0.1, -0.05) is 35.4 Å². The molecule has 158 valence electrons. The molecule has 1 amide bonds. The van der Waals surface area contributed by atoms with Crippen LogP contribution in [0.15, 0.2) is 66.7 Å². The number of nitro benzene ring substituents is 1. The van der Waals surface area contributed by atoms with E-state index >= 15 is 0 Å².